The maximum atomic E-state index is 14.1. The molecule has 8 nitrogen and oxygen atoms in total. The number of hydrogen-bond acceptors (Lipinski definition) is 7. The minimum atomic E-state index is -1.10. The fourth-order valence-electron chi connectivity index (χ4n) is 4.11. The minimum Gasteiger partial charge on any atom is -0.350 e. The number of hydrogen-bond donors (Lipinski definition) is 1. The number of thiophene rings is 2. The fourth-order valence-corrected chi connectivity index (χ4v) is 5.46. The van der Waals surface area contributed by atoms with Crippen LogP contribution < -0.4 is 5.32 Å². The molecule has 0 aliphatic heterocycles. The topological polar surface area (TPSA) is 93.0 Å². The number of halogens is 2. The summed E-state index contributed by atoms with van der Waals surface area (Å²) in [6.45, 7) is 1.88. The van der Waals surface area contributed by atoms with Crippen LogP contribution in [0.2, 0.25) is 0 Å². The van der Waals surface area contributed by atoms with E-state index in [0.29, 0.717) is 17.0 Å². The molecule has 3 heterocycles. The summed E-state index contributed by atoms with van der Waals surface area (Å²) in [5.41, 5.74) is 1.12. The lowest BCUT2D eigenvalue weighted by atomic mass is 10.0. The van der Waals surface area contributed by atoms with E-state index in [9.17, 15) is 18.4 Å². The second-order valence-corrected chi connectivity index (χ2v) is 10.9. The summed E-state index contributed by atoms with van der Waals surface area (Å²) >= 11 is 2.90. The van der Waals surface area contributed by atoms with E-state index in [0.717, 1.165) is 9.75 Å². The van der Waals surface area contributed by atoms with Gasteiger partial charge in [-0.15, -0.1) is 32.9 Å². The molecule has 1 N–H and O–H groups in total. The molecule has 0 spiro atoms. The molecule has 0 radical (unpaired) electrons. The smallest absolute Gasteiger partial charge is 0.250 e. The Hall–Kier alpha value is -4.29. The summed E-state index contributed by atoms with van der Waals surface area (Å²) in [4.78, 5) is 32.2. The highest BCUT2D eigenvalue weighted by Crippen LogP contribution is 2.29. The van der Waals surface area contributed by atoms with Gasteiger partial charge in [0.2, 0.25) is 17.6 Å². The van der Waals surface area contributed by atoms with Crippen molar-refractivity contribution in [2.24, 2.45) is 0 Å². The van der Waals surface area contributed by atoms with Gasteiger partial charge in [0, 0.05) is 11.4 Å². The molecule has 0 saturated carbocycles. The number of carbonyl (C=O) groups excluding carboxylic acids is 2. The van der Waals surface area contributed by atoms with Gasteiger partial charge in [-0.25, -0.2) is 8.78 Å². The molecule has 204 valence electrons. The normalized spacial score (nSPS) is 12.6. The Morgan fingerprint density at radius 2 is 1.62 bits per heavy atom. The first-order valence-electron chi connectivity index (χ1n) is 12.3. The highest BCUT2D eigenvalue weighted by Gasteiger charge is 2.35. The number of amides is 2. The van der Waals surface area contributed by atoms with Crippen LogP contribution in [0.15, 0.2) is 83.6 Å². The zero-order valence-electron chi connectivity index (χ0n) is 21.3. The monoisotopic (exact) mass is 578 g/mol. The van der Waals surface area contributed by atoms with Crippen LogP contribution in [0.25, 0.3) is 10.7 Å². The first-order valence-corrected chi connectivity index (χ1v) is 14.1. The fraction of sp³-hybridized carbons (Fsp3) is 0.179. The molecule has 5 rings (SSSR count). The third-order valence-corrected chi connectivity index (χ3v) is 7.92. The summed E-state index contributed by atoms with van der Waals surface area (Å²) < 4.78 is 27.2. The lowest BCUT2D eigenvalue weighted by molar-refractivity contribution is -0.144. The highest BCUT2D eigenvalue weighted by molar-refractivity contribution is 7.13. The molecule has 2 amide bonds. The number of nitrogens with one attached hydrogen (secondary N) is 1. The van der Waals surface area contributed by atoms with Gasteiger partial charge < -0.3 is 10.2 Å². The molecule has 0 bridgehead atoms. The minimum absolute atomic E-state index is 0.113. The third-order valence-electron chi connectivity index (χ3n) is 6.19. The zero-order valence-corrected chi connectivity index (χ0v) is 22.9. The maximum absolute atomic E-state index is 14.1. The van der Waals surface area contributed by atoms with E-state index in [1.807, 2.05) is 35.0 Å². The van der Waals surface area contributed by atoms with Crippen LogP contribution in [0, 0.1) is 11.6 Å². The summed E-state index contributed by atoms with van der Waals surface area (Å²) in [5, 5.41) is 19.2. The predicted octanol–water partition coefficient (Wildman–Crippen LogP) is 5.39. The molecular formula is C28H24F2N6O2S2. The molecule has 5 aromatic rings. The van der Waals surface area contributed by atoms with Crippen molar-refractivity contribution in [1.29, 1.82) is 0 Å². The van der Waals surface area contributed by atoms with Crippen LogP contribution in [0.5, 0.6) is 0 Å². The molecule has 0 aliphatic rings. The summed E-state index contributed by atoms with van der Waals surface area (Å²) in [7, 11) is 0. The van der Waals surface area contributed by atoms with Gasteiger partial charge in [-0.2, -0.15) is 4.80 Å². The van der Waals surface area contributed by atoms with Gasteiger partial charge in [-0.3, -0.25) is 9.59 Å². The van der Waals surface area contributed by atoms with Crippen LogP contribution in [-0.2, 0) is 22.7 Å². The average Bonchev–Trinajstić information content (AvgIpc) is 3.75. The Labute approximate surface area is 236 Å². The van der Waals surface area contributed by atoms with Gasteiger partial charge in [0.25, 0.3) is 0 Å². The van der Waals surface area contributed by atoms with Crippen molar-refractivity contribution in [2.75, 3.05) is 0 Å². The summed E-state index contributed by atoms with van der Waals surface area (Å²) in [6, 6.07) is 16.7. The van der Waals surface area contributed by atoms with Crippen LogP contribution in [-0.4, -0.2) is 36.9 Å². The highest BCUT2D eigenvalue weighted by atomic mass is 32.1. The van der Waals surface area contributed by atoms with Gasteiger partial charge in [-0.05, 0) is 70.4 Å². The lowest BCUT2D eigenvalue weighted by Gasteiger charge is -2.32. The first kappa shape index (κ1) is 27.3. The van der Waals surface area contributed by atoms with Crippen LogP contribution in [0.3, 0.4) is 0 Å². The molecule has 3 aromatic heterocycles. The molecule has 40 heavy (non-hydrogen) atoms. The molecule has 2 unspecified atom stereocenters. The van der Waals surface area contributed by atoms with Crippen LogP contribution in [0.4, 0.5) is 8.78 Å². The van der Waals surface area contributed by atoms with Crippen LogP contribution >= 0.6 is 22.7 Å². The molecule has 0 aliphatic carbocycles. The Morgan fingerprint density at radius 1 is 0.950 bits per heavy atom. The first-order chi connectivity index (χ1) is 19.4. The quantitative estimate of drug-likeness (QED) is 0.240. The van der Waals surface area contributed by atoms with Crippen molar-refractivity contribution in [2.45, 2.75) is 32.1 Å². The standard InChI is InChI=1S/C28H24F2N6O2S2/c1-18(36-33-26(32-34-36)24-5-3-15-40-24)28(38)35(17-23-4-2-14-39-23)25(20-8-12-22(30)13-9-20)27(37)31-16-19-6-10-21(29)11-7-19/h2-15,18,25H,16-17H2,1H3,(H,31,37). The number of tetrazole rings is 1. The molecule has 12 heteroatoms. The van der Waals surface area contributed by atoms with Crippen molar-refractivity contribution in [1.82, 2.24) is 30.4 Å². The number of nitrogens with zero attached hydrogens (tertiary/aromatic N) is 5. The van der Waals surface area contributed by atoms with Gasteiger partial charge >= 0.3 is 0 Å². The van der Waals surface area contributed by atoms with Crippen molar-refractivity contribution in [3.05, 3.63) is 111 Å². The van der Waals surface area contributed by atoms with Crippen molar-refractivity contribution >= 4 is 34.5 Å². The summed E-state index contributed by atoms with van der Waals surface area (Å²) in [6.07, 6.45) is 0. The molecular weight excluding hydrogens is 554 g/mol. The molecule has 2 atom stereocenters. The largest absolute Gasteiger partial charge is 0.350 e. The van der Waals surface area contributed by atoms with Gasteiger partial charge in [0.05, 0.1) is 11.4 Å². The molecule has 0 fully saturated rings. The summed E-state index contributed by atoms with van der Waals surface area (Å²) in [5.74, 6) is -1.35. The third kappa shape index (κ3) is 6.29. The second kappa shape index (κ2) is 12.3. The van der Waals surface area contributed by atoms with Crippen LogP contribution in [0.1, 0.15) is 35.0 Å². The van der Waals surface area contributed by atoms with Crippen molar-refractivity contribution in [3.63, 3.8) is 0 Å². The number of benzene rings is 2. The van der Waals surface area contributed by atoms with Gasteiger partial charge in [0.15, 0.2) is 0 Å². The molecule has 2 aromatic carbocycles. The van der Waals surface area contributed by atoms with E-state index < -0.39 is 29.7 Å². The van der Waals surface area contributed by atoms with Crippen molar-refractivity contribution in [3.8, 4) is 10.7 Å². The van der Waals surface area contributed by atoms with E-state index in [1.54, 1.807) is 19.1 Å². The number of carbonyl (C=O) groups is 2. The zero-order chi connectivity index (χ0) is 28.1. The Balaban J connectivity index is 1.47. The maximum Gasteiger partial charge on any atom is 0.250 e. The number of rotatable bonds is 10. The second-order valence-electron chi connectivity index (χ2n) is 8.93. The lowest BCUT2D eigenvalue weighted by Crippen LogP contribution is -2.45. The SMILES string of the molecule is CC(C(=O)N(Cc1cccs1)C(C(=O)NCc1ccc(F)cc1)c1ccc(F)cc1)n1nnc(-c2cccs2)n1. The van der Waals surface area contributed by atoms with Gasteiger partial charge in [-0.1, -0.05) is 36.4 Å². The predicted molar refractivity (Wildman–Crippen MR) is 148 cm³/mol. The van der Waals surface area contributed by atoms with E-state index >= 15 is 0 Å². The van der Waals surface area contributed by atoms with Gasteiger partial charge in [0.1, 0.15) is 23.7 Å². The molecule has 0 saturated heterocycles. The Bertz CT molecular complexity index is 1560. The Morgan fingerprint density at radius 3 is 2.27 bits per heavy atom. The van der Waals surface area contributed by atoms with Crippen molar-refractivity contribution < 1.29 is 18.4 Å². The van der Waals surface area contributed by atoms with E-state index in [1.165, 1.54) is 68.8 Å². The Kier molecular flexibility index (Phi) is 8.37. The average molecular weight is 579 g/mol. The van der Waals surface area contributed by atoms with E-state index in [4.69, 9.17) is 0 Å². The van der Waals surface area contributed by atoms with E-state index in [2.05, 4.69) is 20.7 Å². The van der Waals surface area contributed by atoms with E-state index in [-0.39, 0.29) is 18.9 Å². The number of aromatic nitrogens is 4.